The van der Waals surface area contributed by atoms with Crippen LogP contribution < -0.4 is 25.7 Å². The maximum Gasteiger partial charge on any atom is 0.407 e. The van der Waals surface area contributed by atoms with Gasteiger partial charge in [-0.25, -0.2) is 9.18 Å². The van der Waals surface area contributed by atoms with Gasteiger partial charge in [-0.3, -0.25) is 4.79 Å². The summed E-state index contributed by atoms with van der Waals surface area (Å²) in [5.74, 6) is 0.164. The highest BCUT2D eigenvalue weighted by Gasteiger charge is 2.35. The molecule has 0 radical (unpaired) electrons. The van der Waals surface area contributed by atoms with Gasteiger partial charge in [0.2, 0.25) is 0 Å². The Morgan fingerprint density at radius 3 is 2.75 bits per heavy atom. The summed E-state index contributed by atoms with van der Waals surface area (Å²) in [6, 6.07) is 12.3. The van der Waals surface area contributed by atoms with Gasteiger partial charge < -0.3 is 38.9 Å². The lowest BCUT2D eigenvalue weighted by molar-refractivity contribution is 0.0273. The second-order valence-corrected chi connectivity index (χ2v) is 14.6. The normalized spacial score (nSPS) is 18.5. The van der Waals surface area contributed by atoms with Crippen molar-refractivity contribution in [2.75, 3.05) is 50.7 Å². The van der Waals surface area contributed by atoms with Crippen LogP contribution in [-0.2, 0) is 4.74 Å². The van der Waals surface area contributed by atoms with Gasteiger partial charge in [0.25, 0.3) is 0 Å². The fourth-order valence-electron chi connectivity index (χ4n) is 7.90. The molecule has 3 atom stereocenters. The van der Waals surface area contributed by atoms with Crippen LogP contribution in [0.3, 0.4) is 0 Å². The summed E-state index contributed by atoms with van der Waals surface area (Å²) in [6.45, 7) is 10.0. The lowest BCUT2D eigenvalue weighted by Crippen LogP contribution is -2.43. The third kappa shape index (κ3) is 6.40. The molecule has 1 amide bonds. The van der Waals surface area contributed by atoms with Gasteiger partial charge in [0.15, 0.2) is 22.7 Å². The molecule has 0 spiro atoms. The van der Waals surface area contributed by atoms with Gasteiger partial charge in [0, 0.05) is 65.7 Å². The van der Waals surface area contributed by atoms with Crippen molar-refractivity contribution < 1.29 is 23.1 Å². The molecule has 2 fully saturated rings. The van der Waals surface area contributed by atoms with Crippen LogP contribution in [0.4, 0.5) is 14.9 Å². The van der Waals surface area contributed by atoms with Gasteiger partial charge >= 0.3 is 6.09 Å². The number of azide groups is 1. The highest BCUT2D eigenvalue weighted by atomic mass is 19.1. The van der Waals surface area contributed by atoms with Gasteiger partial charge in [-0.2, -0.15) is 0 Å². The van der Waals surface area contributed by atoms with Crippen LogP contribution in [0.2, 0.25) is 0 Å². The number of aromatic nitrogens is 1. The van der Waals surface area contributed by atoms with E-state index in [2.05, 4.69) is 25.6 Å². The largest absolute Gasteiger partial charge is 0.456 e. The van der Waals surface area contributed by atoms with Crippen LogP contribution in [0.15, 0.2) is 63.0 Å². The summed E-state index contributed by atoms with van der Waals surface area (Å²) < 4.78 is 37.1. The SMILES string of the molecule is CCC(C)(CN=[N+]=[N-])OC(=O)NC1CCN(c2c(F)cc3c(=O)c(C(C)NCCN4CCCC4)cn4c3c2Oc2cc3c(cc2-4)oc2ccccc23)C1. The number of carbonyl (C=O) groups is 1. The van der Waals surface area contributed by atoms with E-state index in [1.54, 1.807) is 6.92 Å². The van der Waals surface area contributed by atoms with Crippen LogP contribution in [0.5, 0.6) is 11.5 Å². The molecule has 2 saturated heterocycles. The Kier molecular flexibility index (Phi) is 9.13. The first-order valence-corrected chi connectivity index (χ1v) is 18.4. The van der Waals surface area contributed by atoms with Crippen molar-refractivity contribution in [1.29, 1.82) is 0 Å². The molecule has 0 aliphatic carbocycles. The maximum atomic E-state index is 16.6. The average molecular weight is 723 g/mol. The summed E-state index contributed by atoms with van der Waals surface area (Å²) in [5, 5.41) is 12.0. The number of para-hydroxylation sites is 1. The van der Waals surface area contributed by atoms with Crippen molar-refractivity contribution in [3.8, 4) is 17.2 Å². The van der Waals surface area contributed by atoms with Gasteiger partial charge in [-0.15, -0.1) is 0 Å². The lowest BCUT2D eigenvalue weighted by atomic mass is 10.0. The van der Waals surface area contributed by atoms with Gasteiger partial charge in [0.05, 0.1) is 23.7 Å². The number of nitrogens with one attached hydrogen (secondary N) is 2. The van der Waals surface area contributed by atoms with E-state index in [-0.39, 0.29) is 47.4 Å². The summed E-state index contributed by atoms with van der Waals surface area (Å²) >= 11 is 0. The van der Waals surface area contributed by atoms with Gasteiger partial charge in [-0.1, -0.05) is 30.2 Å². The van der Waals surface area contributed by atoms with E-state index in [0.717, 1.165) is 42.5 Å². The number of amides is 1. The second kappa shape index (κ2) is 13.9. The number of rotatable bonds is 11. The summed E-state index contributed by atoms with van der Waals surface area (Å²) in [5.41, 5.74) is 10.8. The minimum Gasteiger partial charge on any atom is -0.456 e. The minimum absolute atomic E-state index is 0.00641. The molecule has 3 unspecified atom stereocenters. The first kappa shape index (κ1) is 34.8. The first-order chi connectivity index (χ1) is 25.7. The molecule has 8 rings (SSSR count). The van der Waals surface area contributed by atoms with Crippen molar-refractivity contribution in [2.24, 2.45) is 5.11 Å². The van der Waals surface area contributed by atoms with Crippen molar-refractivity contribution in [3.05, 3.63) is 80.7 Å². The fourth-order valence-corrected chi connectivity index (χ4v) is 7.90. The number of fused-ring (bicyclic) bond motifs is 5. The van der Waals surface area contributed by atoms with Crippen molar-refractivity contribution in [1.82, 2.24) is 20.1 Å². The molecule has 5 heterocycles. The Balaban J connectivity index is 1.17. The molecule has 3 aliphatic heterocycles. The second-order valence-electron chi connectivity index (χ2n) is 14.6. The highest BCUT2D eigenvalue weighted by Crippen LogP contribution is 2.49. The monoisotopic (exact) mass is 722 g/mol. The Hall–Kier alpha value is -5.30. The lowest BCUT2D eigenvalue weighted by Gasteiger charge is -2.30. The number of anilines is 1. The van der Waals surface area contributed by atoms with E-state index < -0.39 is 17.5 Å². The molecule has 14 heteroatoms. The number of benzene rings is 3. The Labute approximate surface area is 305 Å². The van der Waals surface area contributed by atoms with E-state index in [1.807, 2.05) is 65.9 Å². The molecular weight excluding hydrogens is 679 g/mol. The van der Waals surface area contributed by atoms with E-state index in [1.165, 1.54) is 18.9 Å². The number of pyridine rings is 1. The van der Waals surface area contributed by atoms with Crippen molar-refractivity contribution >= 4 is 44.6 Å². The number of carbonyl (C=O) groups excluding carboxylic acids is 1. The molecule has 3 aliphatic rings. The number of nitrogens with zero attached hydrogens (tertiary/aromatic N) is 6. The van der Waals surface area contributed by atoms with Crippen LogP contribution in [-0.4, -0.2) is 73.0 Å². The molecule has 3 aromatic carbocycles. The standard InChI is InChI=1S/C39H43FN8O5/c1-4-39(3,22-43-45-41)53-38(50)44-24-11-15-47(20-24)35-29(40)17-27-34-37(35)52-33-18-26-25-9-5-6-10-31(25)51-32(26)19-30(33)48(34)21-28(36(27)49)23(2)42-12-16-46-13-7-8-14-46/h5-6,9-10,17-19,21,23-24,42H,4,7-8,11-16,20,22H2,1-3H3,(H,44,50). The van der Waals surface area contributed by atoms with E-state index >= 15 is 4.39 Å². The number of furan rings is 1. The van der Waals surface area contributed by atoms with Gasteiger partial charge in [0.1, 0.15) is 28.0 Å². The fraction of sp³-hybridized carbons (Fsp3) is 0.436. The molecule has 0 bridgehead atoms. The first-order valence-electron chi connectivity index (χ1n) is 18.4. The predicted molar refractivity (Wildman–Crippen MR) is 202 cm³/mol. The third-order valence-electron chi connectivity index (χ3n) is 11.1. The van der Waals surface area contributed by atoms with Crippen LogP contribution in [0, 0.1) is 5.82 Å². The molecule has 0 saturated carbocycles. The zero-order valence-electron chi connectivity index (χ0n) is 30.2. The summed E-state index contributed by atoms with van der Waals surface area (Å²) in [7, 11) is 0. The minimum atomic E-state index is -0.959. The Morgan fingerprint density at radius 1 is 1.15 bits per heavy atom. The molecule has 2 N–H and O–H groups in total. The van der Waals surface area contributed by atoms with E-state index in [9.17, 15) is 9.59 Å². The Morgan fingerprint density at radius 2 is 1.96 bits per heavy atom. The number of ether oxygens (including phenoxy) is 2. The Bertz CT molecular complexity index is 2350. The van der Waals surface area contributed by atoms with Crippen molar-refractivity contribution in [2.45, 2.75) is 64.1 Å². The summed E-state index contributed by atoms with van der Waals surface area (Å²) in [6.07, 6.45) is 4.61. The molecule has 2 aromatic heterocycles. The maximum absolute atomic E-state index is 16.6. The average Bonchev–Trinajstić information content (AvgIpc) is 3.91. The van der Waals surface area contributed by atoms with Gasteiger partial charge in [-0.05, 0) is 76.4 Å². The third-order valence-corrected chi connectivity index (χ3v) is 11.1. The van der Waals surface area contributed by atoms with Crippen LogP contribution >= 0.6 is 0 Å². The number of hydrogen-bond acceptors (Lipinski definition) is 9. The zero-order chi connectivity index (χ0) is 36.9. The molecule has 13 nitrogen and oxygen atoms in total. The smallest absolute Gasteiger partial charge is 0.407 e. The van der Waals surface area contributed by atoms with Crippen molar-refractivity contribution in [3.63, 3.8) is 0 Å². The molecular formula is C39H43FN8O5. The molecule has 53 heavy (non-hydrogen) atoms. The highest BCUT2D eigenvalue weighted by molar-refractivity contribution is 6.07. The quantitative estimate of drug-likeness (QED) is 0.0786. The number of halogens is 1. The van der Waals surface area contributed by atoms with E-state index in [4.69, 9.17) is 19.4 Å². The molecule has 5 aromatic rings. The van der Waals surface area contributed by atoms with Crippen LogP contribution in [0.25, 0.3) is 49.0 Å². The topological polar surface area (TPSA) is 150 Å². The predicted octanol–water partition coefficient (Wildman–Crippen LogP) is 7.67. The molecule has 276 valence electrons. The van der Waals surface area contributed by atoms with Crippen LogP contribution in [0.1, 0.15) is 58.1 Å². The summed E-state index contributed by atoms with van der Waals surface area (Å²) in [4.78, 5) is 34.2. The number of hydrogen-bond donors (Lipinski definition) is 2. The zero-order valence-corrected chi connectivity index (χ0v) is 30.2. The number of alkyl carbamates (subject to hydrolysis) is 1. The number of likely N-dealkylation sites (tertiary alicyclic amines) is 1. The van der Waals surface area contributed by atoms with E-state index in [0.29, 0.717) is 47.5 Å².